The highest BCUT2D eigenvalue weighted by Gasteiger charge is 2.33. The van der Waals surface area contributed by atoms with Crippen molar-refractivity contribution in [3.05, 3.63) is 0 Å². The molecule has 0 saturated carbocycles. The van der Waals surface area contributed by atoms with Gasteiger partial charge in [0.2, 0.25) is 11.8 Å². The van der Waals surface area contributed by atoms with Gasteiger partial charge in [-0.1, -0.05) is 48.5 Å². The summed E-state index contributed by atoms with van der Waals surface area (Å²) in [7, 11) is 3.36. The normalized spacial score (nSPS) is 15.1. The summed E-state index contributed by atoms with van der Waals surface area (Å²) in [6, 6.07) is -0.420. The summed E-state index contributed by atoms with van der Waals surface area (Å²) in [6.07, 6.45) is 1.72. The maximum absolute atomic E-state index is 13.0. The molecule has 0 heterocycles. The molecule has 0 aliphatic carbocycles. The summed E-state index contributed by atoms with van der Waals surface area (Å²) in [4.78, 5) is 39.3. The topological polar surface area (TPSA) is 66.5 Å². The number of hydrogen-bond donors (Lipinski definition) is 1. The molecule has 5 nitrogen and oxygen atoms in total. The molecule has 0 aromatic carbocycles. The fourth-order valence-corrected chi connectivity index (χ4v) is 3.40. The molecule has 0 aliphatic rings. The van der Waals surface area contributed by atoms with E-state index in [2.05, 4.69) is 33.0 Å². The number of rotatable bonds is 11. The van der Waals surface area contributed by atoms with Crippen LogP contribution in [-0.4, -0.2) is 42.6 Å². The van der Waals surface area contributed by atoms with Crippen LogP contribution in [-0.2, 0) is 14.4 Å². The van der Waals surface area contributed by atoms with Gasteiger partial charge in [0.25, 0.3) is 0 Å². The van der Waals surface area contributed by atoms with E-state index in [9.17, 15) is 14.4 Å². The number of likely N-dealkylation sites (N-methyl/N-ethyl adjacent to an activating group) is 1. The summed E-state index contributed by atoms with van der Waals surface area (Å²) in [5.74, 6) is 0.350. The largest absolute Gasteiger partial charge is 0.359 e. The molecule has 0 rings (SSSR count). The molecule has 0 saturated heterocycles. The Labute approximate surface area is 160 Å². The van der Waals surface area contributed by atoms with E-state index in [1.54, 1.807) is 19.0 Å². The van der Waals surface area contributed by atoms with Gasteiger partial charge in [-0.25, -0.2) is 0 Å². The molecule has 26 heavy (non-hydrogen) atoms. The molecule has 0 spiro atoms. The second-order valence-corrected chi connectivity index (χ2v) is 8.75. The van der Waals surface area contributed by atoms with Gasteiger partial charge in [-0.15, -0.1) is 0 Å². The lowest BCUT2D eigenvalue weighted by atomic mass is 9.81. The number of carbonyl (C=O) groups excluding carboxylic acids is 3. The standard InChI is InChI=1S/C21H40N2O3/c1-13(2)10-17(20(25)22-8)16(7)12-19(24)18(11-14(3)4)23(9)21(26)15(5)6/h13-18H,10-12H2,1-9H3,(H,22,25). The highest BCUT2D eigenvalue weighted by Crippen LogP contribution is 2.26. The van der Waals surface area contributed by atoms with Crippen molar-refractivity contribution in [3.63, 3.8) is 0 Å². The summed E-state index contributed by atoms with van der Waals surface area (Å²) in [5.41, 5.74) is 0. The van der Waals surface area contributed by atoms with Gasteiger partial charge >= 0.3 is 0 Å². The zero-order valence-corrected chi connectivity index (χ0v) is 18.3. The predicted octanol–water partition coefficient (Wildman–Crippen LogP) is 3.52. The van der Waals surface area contributed by atoms with Crippen molar-refractivity contribution in [2.24, 2.45) is 29.6 Å². The fourth-order valence-electron chi connectivity index (χ4n) is 3.40. The Bertz CT molecular complexity index is 472. The summed E-state index contributed by atoms with van der Waals surface area (Å²) < 4.78 is 0. The number of Topliss-reactive ketones (excluding diaryl/α,β-unsaturated/α-hetero) is 1. The van der Waals surface area contributed by atoms with Crippen LogP contribution in [0.3, 0.4) is 0 Å². The molecule has 0 radical (unpaired) electrons. The van der Waals surface area contributed by atoms with Crippen LogP contribution >= 0.6 is 0 Å². The smallest absolute Gasteiger partial charge is 0.225 e. The minimum absolute atomic E-state index is 0.00831. The molecule has 0 fully saturated rings. The molecule has 5 heteroatoms. The number of ketones is 1. The number of hydrogen-bond acceptors (Lipinski definition) is 3. The fraction of sp³-hybridized carbons (Fsp3) is 0.857. The molecular weight excluding hydrogens is 328 g/mol. The van der Waals surface area contributed by atoms with E-state index in [1.807, 2.05) is 20.8 Å². The monoisotopic (exact) mass is 368 g/mol. The van der Waals surface area contributed by atoms with Crippen LogP contribution in [0, 0.1) is 29.6 Å². The molecule has 1 N–H and O–H groups in total. The second-order valence-electron chi connectivity index (χ2n) is 8.75. The van der Waals surface area contributed by atoms with Crippen LogP contribution in [0.15, 0.2) is 0 Å². The third-order valence-electron chi connectivity index (χ3n) is 4.89. The Morgan fingerprint density at radius 1 is 0.885 bits per heavy atom. The summed E-state index contributed by atoms with van der Waals surface area (Å²) in [6.45, 7) is 14.0. The average molecular weight is 369 g/mol. The van der Waals surface area contributed by atoms with E-state index in [0.29, 0.717) is 24.7 Å². The Balaban J connectivity index is 5.32. The van der Waals surface area contributed by atoms with Crippen LogP contribution in [0.5, 0.6) is 0 Å². The number of nitrogens with zero attached hydrogens (tertiary/aromatic N) is 1. The van der Waals surface area contributed by atoms with Crippen molar-refractivity contribution < 1.29 is 14.4 Å². The molecule has 0 aliphatic heterocycles. The van der Waals surface area contributed by atoms with E-state index < -0.39 is 6.04 Å². The molecule has 3 unspecified atom stereocenters. The maximum atomic E-state index is 13.0. The van der Waals surface area contributed by atoms with Gasteiger partial charge in [-0.2, -0.15) is 0 Å². The van der Waals surface area contributed by atoms with Crippen LogP contribution in [0.4, 0.5) is 0 Å². The Morgan fingerprint density at radius 3 is 1.77 bits per heavy atom. The van der Waals surface area contributed by atoms with E-state index in [-0.39, 0.29) is 35.4 Å². The first-order chi connectivity index (χ1) is 11.9. The lowest BCUT2D eigenvalue weighted by molar-refractivity contribution is -0.141. The zero-order chi connectivity index (χ0) is 20.6. The second kappa shape index (κ2) is 11.3. The Kier molecular flexibility index (Phi) is 10.7. The van der Waals surface area contributed by atoms with Crippen molar-refractivity contribution >= 4 is 17.6 Å². The Morgan fingerprint density at radius 2 is 1.38 bits per heavy atom. The highest BCUT2D eigenvalue weighted by molar-refractivity contribution is 5.90. The lowest BCUT2D eigenvalue weighted by Crippen LogP contribution is -2.46. The molecule has 0 aromatic rings. The van der Waals surface area contributed by atoms with E-state index in [4.69, 9.17) is 0 Å². The molecule has 0 aromatic heterocycles. The Hall–Kier alpha value is -1.39. The first-order valence-corrected chi connectivity index (χ1v) is 9.93. The SMILES string of the molecule is CNC(=O)C(CC(C)C)C(C)CC(=O)C(CC(C)C)N(C)C(=O)C(C)C. The van der Waals surface area contributed by atoms with E-state index in [0.717, 1.165) is 6.42 Å². The number of amides is 2. The minimum Gasteiger partial charge on any atom is -0.359 e. The van der Waals surface area contributed by atoms with Crippen LogP contribution in [0.25, 0.3) is 0 Å². The van der Waals surface area contributed by atoms with Crippen molar-refractivity contribution in [2.75, 3.05) is 14.1 Å². The van der Waals surface area contributed by atoms with E-state index in [1.165, 1.54) is 0 Å². The van der Waals surface area contributed by atoms with Gasteiger partial charge in [-0.05, 0) is 30.6 Å². The van der Waals surface area contributed by atoms with Gasteiger partial charge in [0.15, 0.2) is 5.78 Å². The van der Waals surface area contributed by atoms with Crippen molar-refractivity contribution in [1.82, 2.24) is 10.2 Å². The van der Waals surface area contributed by atoms with E-state index >= 15 is 0 Å². The molecule has 3 atom stereocenters. The summed E-state index contributed by atoms with van der Waals surface area (Å²) in [5, 5.41) is 2.73. The van der Waals surface area contributed by atoms with Crippen molar-refractivity contribution in [1.29, 1.82) is 0 Å². The summed E-state index contributed by atoms with van der Waals surface area (Å²) >= 11 is 0. The third-order valence-corrected chi connectivity index (χ3v) is 4.89. The first kappa shape index (κ1) is 24.6. The van der Waals surface area contributed by atoms with Gasteiger partial charge in [-0.3, -0.25) is 14.4 Å². The van der Waals surface area contributed by atoms with Gasteiger partial charge in [0.1, 0.15) is 0 Å². The molecule has 2 amide bonds. The lowest BCUT2D eigenvalue weighted by Gasteiger charge is -2.32. The molecule has 152 valence electrons. The molecule has 0 bridgehead atoms. The highest BCUT2D eigenvalue weighted by atomic mass is 16.2. The maximum Gasteiger partial charge on any atom is 0.225 e. The van der Waals surface area contributed by atoms with Crippen LogP contribution in [0.2, 0.25) is 0 Å². The predicted molar refractivity (Wildman–Crippen MR) is 107 cm³/mol. The molecular formula is C21H40N2O3. The minimum atomic E-state index is -0.420. The third kappa shape index (κ3) is 7.88. The van der Waals surface area contributed by atoms with Crippen molar-refractivity contribution in [2.45, 2.75) is 73.8 Å². The number of carbonyl (C=O) groups is 3. The van der Waals surface area contributed by atoms with Gasteiger partial charge < -0.3 is 10.2 Å². The number of nitrogens with one attached hydrogen (secondary N) is 1. The average Bonchev–Trinajstić information content (AvgIpc) is 2.54. The van der Waals surface area contributed by atoms with Gasteiger partial charge in [0.05, 0.1) is 6.04 Å². The van der Waals surface area contributed by atoms with Crippen LogP contribution < -0.4 is 5.32 Å². The van der Waals surface area contributed by atoms with Crippen molar-refractivity contribution in [3.8, 4) is 0 Å². The first-order valence-electron chi connectivity index (χ1n) is 9.93. The zero-order valence-electron chi connectivity index (χ0n) is 18.3. The van der Waals surface area contributed by atoms with Gasteiger partial charge in [0, 0.05) is 32.4 Å². The van der Waals surface area contributed by atoms with Crippen LogP contribution in [0.1, 0.15) is 67.7 Å². The quantitative estimate of drug-likeness (QED) is 0.607.